The van der Waals surface area contributed by atoms with Crippen molar-refractivity contribution in [2.75, 3.05) is 6.61 Å². The van der Waals surface area contributed by atoms with Crippen molar-refractivity contribution in [3.05, 3.63) is 80.0 Å². The Kier molecular flexibility index (Phi) is 7.30. The summed E-state index contributed by atoms with van der Waals surface area (Å²) in [6.45, 7) is 2.63. The lowest BCUT2D eigenvalue weighted by Gasteiger charge is -2.14. The SMILES string of the molecule is CCCCOc1cc([N+](=O)[O-])c(/C=C/[N+](=O)[O-])cc1OCc1ccccc1. The molecule has 0 aliphatic carbocycles. The van der Waals surface area contributed by atoms with Gasteiger partial charge in [0, 0.05) is 6.08 Å². The molecule has 0 fully saturated rings. The van der Waals surface area contributed by atoms with E-state index in [9.17, 15) is 20.2 Å². The summed E-state index contributed by atoms with van der Waals surface area (Å²) in [4.78, 5) is 20.6. The van der Waals surface area contributed by atoms with Crippen molar-refractivity contribution in [3.8, 4) is 11.5 Å². The Labute approximate surface area is 156 Å². The van der Waals surface area contributed by atoms with Crippen molar-refractivity contribution in [1.29, 1.82) is 0 Å². The first kappa shape index (κ1) is 19.9. The molecule has 142 valence electrons. The Bertz CT molecular complexity index is 820. The van der Waals surface area contributed by atoms with E-state index in [1.807, 2.05) is 37.3 Å². The summed E-state index contributed by atoms with van der Waals surface area (Å²) in [6.07, 6.45) is 3.42. The molecule has 0 saturated heterocycles. The number of nitro groups is 2. The lowest BCUT2D eigenvalue weighted by Crippen LogP contribution is -2.03. The topological polar surface area (TPSA) is 105 Å². The normalized spacial score (nSPS) is 10.7. The summed E-state index contributed by atoms with van der Waals surface area (Å²) in [5.74, 6) is 0.535. The Balaban J connectivity index is 2.37. The molecule has 8 heteroatoms. The minimum absolute atomic E-state index is 0.0719. The van der Waals surface area contributed by atoms with Crippen LogP contribution >= 0.6 is 0 Å². The molecule has 0 heterocycles. The molecule has 2 rings (SSSR count). The Morgan fingerprint density at radius 2 is 1.74 bits per heavy atom. The van der Waals surface area contributed by atoms with E-state index in [0.717, 1.165) is 24.5 Å². The van der Waals surface area contributed by atoms with Gasteiger partial charge < -0.3 is 9.47 Å². The molecule has 0 bridgehead atoms. The predicted octanol–water partition coefficient (Wildman–Crippen LogP) is 4.60. The third-order valence-corrected chi connectivity index (χ3v) is 3.66. The first-order valence-electron chi connectivity index (χ1n) is 8.45. The van der Waals surface area contributed by atoms with Crippen LogP contribution in [0.1, 0.15) is 30.9 Å². The van der Waals surface area contributed by atoms with Gasteiger partial charge in [-0.2, -0.15) is 0 Å². The maximum atomic E-state index is 11.3. The highest BCUT2D eigenvalue weighted by Gasteiger charge is 2.19. The second kappa shape index (κ2) is 9.91. The van der Waals surface area contributed by atoms with E-state index >= 15 is 0 Å². The fraction of sp³-hybridized carbons (Fsp3) is 0.263. The maximum absolute atomic E-state index is 11.3. The van der Waals surface area contributed by atoms with Gasteiger partial charge in [-0.3, -0.25) is 20.2 Å². The van der Waals surface area contributed by atoms with Gasteiger partial charge in [0.15, 0.2) is 11.5 Å². The molecule has 0 aliphatic heterocycles. The highest BCUT2D eigenvalue weighted by Crippen LogP contribution is 2.36. The highest BCUT2D eigenvalue weighted by molar-refractivity contribution is 5.66. The van der Waals surface area contributed by atoms with Crippen LogP contribution in [0.15, 0.2) is 48.7 Å². The van der Waals surface area contributed by atoms with Crippen molar-refractivity contribution in [2.24, 2.45) is 0 Å². The van der Waals surface area contributed by atoms with Gasteiger partial charge in [0.05, 0.1) is 28.1 Å². The van der Waals surface area contributed by atoms with Gasteiger partial charge in [-0.15, -0.1) is 0 Å². The number of nitro benzene ring substituents is 1. The zero-order valence-electron chi connectivity index (χ0n) is 14.9. The third kappa shape index (κ3) is 6.10. The monoisotopic (exact) mass is 372 g/mol. The van der Waals surface area contributed by atoms with Crippen LogP contribution in [-0.4, -0.2) is 16.5 Å². The molecule has 0 aliphatic rings. The standard InChI is InChI=1S/C19H20N2O6/c1-2-3-11-26-19-13-17(21(24)25)16(9-10-20(22)23)12-18(19)27-14-15-7-5-4-6-8-15/h4-10,12-13H,2-3,11,14H2,1H3/b10-9+. The van der Waals surface area contributed by atoms with Crippen LogP contribution in [0.25, 0.3) is 6.08 Å². The molecular weight excluding hydrogens is 352 g/mol. The number of unbranched alkanes of at least 4 members (excludes halogenated alkanes) is 1. The molecule has 0 N–H and O–H groups in total. The van der Waals surface area contributed by atoms with E-state index < -0.39 is 9.85 Å². The zero-order chi connectivity index (χ0) is 19.6. The lowest BCUT2D eigenvalue weighted by molar-refractivity contribution is -0.401. The van der Waals surface area contributed by atoms with Gasteiger partial charge in [-0.05, 0) is 18.1 Å². The molecule has 2 aromatic rings. The summed E-state index contributed by atoms with van der Waals surface area (Å²) in [5.41, 5.74) is 0.701. The zero-order valence-corrected chi connectivity index (χ0v) is 14.9. The summed E-state index contributed by atoms with van der Waals surface area (Å²) < 4.78 is 11.4. The second-order valence-electron chi connectivity index (χ2n) is 5.69. The van der Waals surface area contributed by atoms with Gasteiger partial charge in [0.25, 0.3) is 5.69 Å². The van der Waals surface area contributed by atoms with Crippen molar-refractivity contribution < 1.29 is 19.3 Å². The van der Waals surface area contributed by atoms with Crippen LogP contribution < -0.4 is 9.47 Å². The van der Waals surface area contributed by atoms with Gasteiger partial charge in [-0.25, -0.2) is 0 Å². The number of hydrogen-bond acceptors (Lipinski definition) is 6. The maximum Gasteiger partial charge on any atom is 0.280 e. The van der Waals surface area contributed by atoms with Gasteiger partial charge in [-0.1, -0.05) is 43.7 Å². The quantitative estimate of drug-likeness (QED) is 0.343. The Hall–Kier alpha value is -3.42. The molecule has 27 heavy (non-hydrogen) atoms. The third-order valence-electron chi connectivity index (χ3n) is 3.66. The minimum atomic E-state index is -0.681. The molecule has 0 radical (unpaired) electrons. The first-order valence-corrected chi connectivity index (χ1v) is 8.45. The average molecular weight is 372 g/mol. The van der Waals surface area contributed by atoms with E-state index in [-0.39, 0.29) is 23.6 Å². The van der Waals surface area contributed by atoms with Crippen LogP contribution in [0.5, 0.6) is 11.5 Å². The Morgan fingerprint density at radius 1 is 1.04 bits per heavy atom. The molecule has 0 saturated carbocycles. The van der Waals surface area contributed by atoms with Crippen LogP contribution in [0.3, 0.4) is 0 Å². The Morgan fingerprint density at radius 3 is 2.37 bits per heavy atom. The van der Waals surface area contributed by atoms with Gasteiger partial charge in [0.1, 0.15) is 6.61 Å². The largest absolute Gasteiger partial charge is 0.489 e. The number of rotatable bonds is 10. The number of hydrogen-bond donors (Lipinski definition) is 0. The fourth-order valence-electron chi connectivity index (χ4n) is 2.29. The fourth-order valence-corrected chi connectivity index (χ4v) is 2.29. The summed E-state index contributed by atoms with van der Waals surface area (Å²) >= 11 is 0. The number of benzene rings is 2. The summed E-state index contributed by atoms with van der Waals surface area (Å²) in [7, 11) is 0. The lowest BCUT2D eigenvalue weighted by atomic mass is 10.1. The molecule has 8 nitrogen and oxygen atoms in total. The predicted molar refractivity (Wildman–Crippen MR) is 100 cm³/mol. The minimum Gasteiger partial charge on any atom is -0.489 e. The average Bonchev–Trinajstić information content (AvgIpc) is 2.66. The van der Waals surface area contributed by atoms with E-state index in [2.05, 4.69) is 0 Å². The van der Waals surface area contributed by atoms with E-state index in [1.165, 1.54) is 12.1 Å². The van der Waals surface area contributed by atoms with Crippen molar-refractivity contribution in [2.45, 2.75) is 26.4 Å². The first-order chi connectivity index (χ1) is 13.0. The smallest absolute Gasteiger partial charge is 0.280 e. The molecule has 0 spiro atoms. The van der Waals surface area contributed by atoms with E-state index in [4.69, 9.17) is 9.47 Å². The number of nitrogens with zero attached hydrogens (tertiary/aromatic N) is 2. The van der Waals surface area contributed by atoms with Crippen molar-refractivity contribution in [1.82, 2.24) is 0 Å². The van der Waals surface area contributed by atoms with Gasteiger partial charge in [0.2, 0.25) is 6.20 Å². The van der Waals surface area contributed by atoms with Crippen LogP contribution in [-0.2, 0) is 6.61 Å². The number of ether oxygens (including phenoxy) is 2. The molecular formula is C19H20N2O6. The van der Waals surface area contributed by atoms with E-state index in [1.54, 1.807) is 0 Å². The van der Waals surface area contributed by atoms with Crippen LogP contribution in [0.4, 0.5) is 5.69 Å². The van der Waals surface area contributed by atoms with Crippen molar-refractivity contribution >= 4 is 11.8 Å². The summed E-state index contributed by atoms with van der Waals surface area (Å²) in [6, 6.07) is 12.0. The van der Waals surface area contributed by atoms with Crippen molar-refractivity contribution in [3.63, 3.8) is 0 Å². The molecule has 0 atom stereocenters. The molecule has 0 amide bonds. The summed E-state index contributed by atoms with van der Waals surface area (Å²) in [5, 5.41) is 21.9. The molecule has 0 aromatic heterocycles. The van der Waals surface area contributed by atoms with E-state index in [0.29, 0.717) is 18.6 Å². The molecule has 2 aromatic carbocycles. The molecule has 0 unspecified atom stereocenters. The highest BCUT2D eigenvalue weighted by atomic mass is 16.6. The van der Waals surface area contributed by atoms with Crippen LogP contribution in [0, 0.1) is 20.2 Å². The second-order valence-corrected chi connectivity index (χ2v) is 5.69. The van der Waals surface area contributed by atoms with Crippen LogP contribution in [0.2, 0.25) is 0 Å². The van der Waals surface area contributed by atoms with Gasteiger partial charge >= 0.3 is 0 Å².